The number of aliphatic hydroxyl groups is 1. The van der Waals surface area contributed by atoms with E-state index in [2.05, 4.69) is 9.71 Å². The van der Waals surface area contributed by atoms with Gasteiger partial charge in [0.15, 0.2) is 5.03 Å². The number of rotatable bonds is 5. The van der Waals surface area contributed by atoms with E-state index in [1.54, 1.807) is 4.57 Å². The number of aromatic nitrogens is 2. The molecule has 6 nitrogen and oxygen atoms in total. The lowest BCUT2D eigenvalue weighted by Gasteiger charge is -2.26. The SMILES string of the molecule is CC(C)n1cnc(S(=O)(=O)NCC2(O)CCCCCC2)c1. The summed E-state index contributed by atoms with van der Waals surface area (Å²) in [6.07, 6.45) is 8.43. The van der Waals surface area contributed by atoms with Crippen LogP contribution in [0.5, 0.6) is 0 Å². The molecule has 1 aromatic heterocycles. The summed E-state index contributed by atoms with van der Waals surface area (Å²) in [6, 6.07) is 0.160. The minimum absolute atomic E-state index is 0.00780. The molecule has 1 aliphatic rings. The van der Waals surface area contributed by atoms with Gasteiger partial charge in [-0.25, -0.2) is 18.1 Å². The molecule has 1 fully saturated rings. The van der Waals surface area contributed by atoms with Crippen molar-refractivity contribution in [2.24, 2.45) is 0 Å². The minimum Gasteiger partial charge on any atom is -0.389 e. The molecule has 2 rings (SSSR count). The van der Waals surface area contributed by atoms with E-state index in [9.17, 15) is 13.5 Å². The molecule has 1 heterocycles. The third kappa shape index (κ3) is 4.28. The highest BCUT2D eigenvalue weighted by molar-refractivity contribution is 7.89. The molecule has 0 unspecified atom stereocenters. The summed E-state index contributed by atoms with van der Waals surface area (Å²) in [4.78, 5) is 3.94. The van der Waals surface area contributed by atoms with Crippen LogP contribution in [0.3, 0.4) is 0 Å². The summed E-state index contributed by atoms with van der Waals surface area (Å²) >= 11 is 0. The first-order valence-electron chi connectivity index (χ1n) is 7.58. The Hall–Kier alpha value is -0.920. The van der Waals surface area contributed by atoms with Crippen molar-refractivity contribution < 1.29 is 13.5 Å². The largest absolute Gasteiger partial charge is 0.389 e. The van der Waals surface area contributed by atoms with Crippen molar-refractivity contribution in [3.63, 3.8) is 0 Å². The maximum Gasteiger partial charge on any atom is 0.259 e. The normalized spacial score (nSPS) is 19.6. The molecule has 0 aromatic carbocycles. The average Bonchev–Trinajstić information content (AvgIpc) is 2.83. The average molecular weight is 315 g/mol. The second-order valence-electron chi connectivity index (χ2n) is 6.22. The molecular weight excluding hydrogens is 290 g/mol. The van der Waals surface area contributed by atoms with Crippen LogP contribution in [0.25, 0.3) is 0 Å². The summed E-state index contributed by atoms with van der Waals surface area (Å²) in [5.41, 5.74) is -0.926. The van der Waals surface area contributed by atoms with Crippen LogP contribution < -0.4 is 4.72 Å². The van der Waals surface area contributed by atoms with Gasteiger partial charge in [0.2, 0.25) is 0 Å². The number of hydrogen-bond acceptors (Lipinski definition) is 4. The monoisotopic (exact) mass is 315 g/mol. The fraction of sp³-hybridized carbons (Fsp3) is 0.786. The molecule has 0 bridgehead atoms. The summed E-state index contributed by atoms with van der Waals surface area (Å²) in [6.45, 7) is 3.98. The van der Waals surface area contributed by atoms with Crippen molar-refractivity contribution in [3.05, 3.63) is 12.5 Å². The molecule has 0 amide bonds. The highest BCUT2D eigenvalue weighted by Crippen LogP contribution is 2.26. The van der Waals surface area contributed by atoms with Gasteiger partial charge in [-0.15, -0.1) is 0 Å². The van der Waals surface area contributed by atoms with E-state index in [1.165, 1.54) is 12.5 Å². The molecule has 7 heteroatoms. The zero-order chi connectivity index (χ0) is 15.5. The molecule has 120 valence electrons. The Morgan fingerprint density at radius 2 is 1.95 bits per heavy atom. The van der Waals surface area contributed by atoms with Crippen molar-refractivity contribution in [1.82, 2.24) is 14.3 Å². The van der Waals surface area contributed by atoms with Gasteiger partial charge in [0.1, 0.15) is 0 Å². The molecule has 1 aliphatic carbocycles. The van der Waals surface area contributed by atoms with Gasteiger partial charge in [0.05, 0.1) is 11.9 Å². The van der Waals surface area contributed by atoms with Crippen LogP contribution in [0.1, 0.15) is 58.4 Å². The van der Waals surface area contributed by atoms with Crippen LogP contribution in [0.15, 0.2) is 17.6 Å². The minimum atomic E-state index is -3.66. The van der Waals surface area contributed by atoms with E-state index in [0.29, 0.717) is 12.8 Å². The van der Waals surface area contributed by atoms with Crippen LogP contribution >= 0.6 is 0 Å². The molecule has 1 aromatic rings. The first-order valence-corrected chi connectivity index (χ1v) is 9.06. The molecule has 2 N–H and O–H groups in total. The topological polar surface area (TPSA) is 84.2 Å². The second-order valence-corrected chi connectivity index (χ2v) is 7.93. The van der Waals surface area contributed by atoms with Gasteiger partial charge in [0, 0.05) is 18.8 Å². The van der Waals surface area contributed by atoms with E-state index >= 15 is 0 Å². The van der Waals surface area contributed by atoms with Gasteiger partial charge >= 0.3 is 0 Å². The maximum absolute atomic E-state index is 12.2. The highest BCUT2D eigenvalue weighted by Gasteiger charge is 2.30. The van der Waals surface area contributed by atoms with Crippen molar-refractivity contribution in [3.8, 4) is 0 Å². The molecule has 0 aliphatic heterocycles. The zero-order valence-electron chi connectivity index (χ0n) is 12.7. The zero-order valence-corrected chi connectivity index (χ0v) is 13.6. The van der Waals surface area contributed by atoms with Crippen LogP contribution in [0.2, 0.25) is 0 Å². The first-order chi connectivity index (χ1) is 9.82. The number of hydrogen-bond donors (Lipinski definition) is 2. The van der Waals surface area contributed by atoms with Crippen molar-refractivity contribution in [2.45, 2.75) is 69.0 Å². The van der Waals surface area contributed by atoms with Gasteiger partial charge in [-0.1, -0.05) is 25.7 Å². The summed E-state index contributed by atoms with van der Waals surface area (Å²) in [5, 5.41) is 10.5. The van der Waals surface area contributed by atoms with Gasteiger partial charge in [-0.2, -0.15) is 0 Å². The fourth-order valence-electron chi connectivity index (χ4n) is 2.61. The first kappa shape index (κ1) is 16.5. The Kier molecular flexibility index (Phi) is 5.06. The molecule has 0 atom stereocenters. The lowest BCUT2D eigenvalue weighted by atomic mass is 9.95. The quantitative estimate of drug-likeness (QED) is 0.812. The Morgan fingerprint density at radius 1 is 1.33 bits per heavy atom. The van der Waals surface area contributed by atoms with E-state index in [-0.39, 0.29) is 17.6 Å². The van der Waals surface area contributed by atoms with E-state index < -0.39 is 15.6 Å². The predicted octanol–water partition coefficient (Wildman–Crippen LogP) is 1.83. The van der Waals surface area contributed by atoms with Gasteiger partial charge in [-0.3, -0.25) is 0 Å². The maximum atomic E-state index is 12.2. The van der Waals surface area contributed by atoms with Crippen LogP contribution in [0, 0.1) is 0 Å². The van der Waals surface area contributed by atoms with Crippen LogP contribution in [0.4, 0.5) is 0 Å². The number of sulfonamides is 1. The van der Waals surface area contributed by atoms with Gasteiger partial charge < -0.3 is 9.67 Å². The third-order valence-electron chi connectivity index (χ3n) is 4.07. The van der Waals surface area contributed by atoms with E-state index in [1.807, 2.05) is 13.8 Å². The Balaban J connectivity index is 2.03. The van der Waals surface area contributed by atoms with E-state index in [0.717, 1.165) is 25.7 Å². The lowest BCUT2D eigenvalue weighted by Crippen LogP contribution is -2.42. The highest BCUT2D eigenvalue weighted by atomic mass is 32.2. The van der Waals surface area contributed by atoms with Crippen LogP contribution in [-0.2, 0) is 10.0 Å². The lowest BCUT2D eigenvalue weighted by molar-refractivity contribution is 0.0303. The molecule has 0 saturated heterocycles. The van der Waals surface area contributed by atoms with Gasteiger partial charge in [-0.05, 0) is 26.7 Å². The third-order valence-corrected chi connectivity index (χ3v) is 5.36. The number of nitrogens with one attached hydrogen (secondary N) is 1. The number of nitrogens with zero attached hydrogens (tertiary/aromatic N) is 2. The Morgan fingerprint density at radius 3 is 2.48 bits per heavy atom. The Bertz CT molecular complexity index is 558. The van der Waals surface area contributed by atoms with Crippen LogP contribution in [-0.4, -0.2) is 35.2 Å². The second kappa shape index (κ2) is 6.46. The molecule has 21 heavy (non-hydrogen) atoms. The molecule has 1 saturated carbocycles. The fourth-order valence-corrected chi connectivity index (χ4v) is 3.66. The van der Waals surface area contributed by atoms with Crippen molar-refractivity contribution >= 4 is 10.0 Å². The van der Waals surface area contributed by atoms with E-state index in [4.69, 9.17) is 0 Å². The standard InChI is InChI=1S/C14H25N3O3S/c1-12(2)17-9-13(15-11-17)21(19,20)16-10-14(18)7-5-3-4-6-8-14/h9,11-12,16,18H,3-8,10H2,1-2H3. The summed E-state index contributed by atoms with van der Waals surface area (Å²) < 4.78 is 28.7. The predicted molar refractivity (Wildman–Crippen MR) is 80.5 cm³/mol. The van der Waals surface area contributed by atoms with Crippen molar-refractivity contribution in [1.29, 1.82) is 0 Å². The molecule has 0 spiro atoms. The summed E-state index contributed by atoms with van der Waals surface area (Å²) in [5.74, 6) is 0. The Labute approximate surface area is 126 Å². The molecule has 0 radical (unpaired) electrons. The smallest absolute Gasteiger partial charge is 0.259 e. The van der Waals surface area contributed by atoms with Crippen molar-refractivity contribution in [2.75, 3.05) is 6.54 Å². The molecular formula is C14H25N3O3S. The number of imidazole rings is 1. The summed E-state index contributed by atoms with van der Waals surface area (Å²) in [7, 11) is -3.66. The van der Waals surface area contributed by atoms with Gasteiger partial charge in [0.25, 0.3) is 10.0 Å².